The number of rotatable bonds is 2. The van der Waals surface area contributed by atoms with Gasteiger partial charge in [-0.3, -0.25) is 0 Å². The highest BCUT2D eigenvalue weighted by Gasteiger charge is 2.16. The Morgan fingerprint density at radius 1 is 1.22 bits per heavy atom. The van der Waals surface area contributed by atoms with E-state index in [1.165, 1.54) is 16.7 Å². The van der Waals surface area contributed by atoms with Crippen LogP contribution in [0.15, 0.2) is 35.4 Å². The summed E-state index contributed by atoms with van der Waals surface area (Å²) in [4.78, 5) is 2.02. The van der Waals surface area contributed by atoms with Crippen LogP contribution in [0.25, 0.3) is 5.57 Å². The average molecular weight is 238 g/mol. The molecule has 0 heterocycles. The maximum atomic E-state index is 9.33. The van der Waals surface area contributed by atoms with Gasteiger partial charge in [0.25, 0.3) is 0 Å². The van der Waals surface area contributed by atoms with E-state index in [4.69, 9.17) is 0 Å². The van der Waals surface area contributed by atoms with Crippen molar-refractivity contribution < 1.29 is 0 Å². The molecule has 2 nitrogen and oxygen atoms in total. The van der Waals surface area contributed by atoms with Gasteiger partial charge >= 0.3 is 0 Å². The number of anilines is 1. The molecule has 0 saturated heterocycles. The summed E-state index contributed by atoms with van der Waals surface area (Å²) in [6, 6.07) is 8.42. The molecular formula is C16H18N2. The van der Waals surface area contributed by atoms with Crippen LogP contribution in [0.1, 0.15) is 31.4 Å². The molecule has 0 aliphatic heterocycles. The van der Waals surface area contributed by atoms with Crippen LogP contribution >= 0.6 is 0 Å². The highest BCUT2D eigenvalue weighted by atomic mass is 15.1. The van der Waals surface area contributed by atoms with Crippen molar-refractivity contribution >= 4 is 11.3 Å². The number of benzene rings is 1. The highest BCUT2D eigenvalue weighted by molar-refractivity contribution is 5.80. The Morgan fingerprint density at radius 3 is 2.44 bits per heavy atom. The van der Waals surface area contributed by atoms with E-state index in [9.17, 15) is 5.26 Å². The zero-order valence-electron chi connectivity index (χ0n) is 11.4. The van der Waals surface area contributed by atoms with Crippen LogP contribution in [-0.2, 0) is 0 Å². The number of nitriles is 1. The quantitative estimate of drug-likeness (QED) is 0.784. The molecule has 2 rings (SSSR count). The predicted octanol–water partition coefficient (Wildman–Crippen LogP) is 3.75. The third-order valence-corrected chi connectivity index (χ3v) is 3.62. The maximum Gasteiger partial charge on any atom is 0.0998 e. The second-order valence-corrected chi connectivity index (χ2v) is 4.93. The summed E-state index contributed by atoms with van der Waals surface area (Å²) >= 11 is 0. The Labute approximate surface area is 109 Å². The average Bonchev–Trinajstić information content (AvgIpc) is 2.69. The molecule has 1 aliphatic rings. The lowest BCUT2D eigenvalue weighted by atomic mass is 9.96. The molecule has 0 N–H and O–H groups in total. The first-order chi connectivity index (χ1) is 8.54. The number of allylic oxidation sites excluding steroid dienone is 4. The van der Waals surface area contributed by atoms with Crippen molar-refractivity contribution in [2.75, 3.05) is 19.0 Å². The van der Waals surface area contributed by atoms with Gasteiger partial charge in [-0.15, -0.1) is 0 Å². The van der Waals surface area contributed by atoms with Crippen LogP contribution < -0.4 is 4.90 Å². The van der Waals surface area contributed by atoms with Crippen LogP contribution in [0, 0.1) is 11.3 Å². The fourth-order valence-corrected chi connectivity index (χ4v) is 2.28. The van der Waals surface area contributed by atoms with E-state index < -0.39 is 0 Å². The van der Waals surface area contributed by atoms with E-state index in [-0.39, 0.29) is 0 Å². The maximum absolute atomic E-state index is 9.33. The summed E-state index contributed by atoms with van der Waals surface area (Å²) in [6.45, 7) is 4.26. The smallest absolute Gasteiger partial charge is 0.0998 e. The van der Waals surface area contributed by atoms with Gasteiger partial charge < -0.3 is 4.90 Å². The predicted molar refractivity (Wildman–Crippen MR) is 76.5 cm³/mol. The molecule has 2 heteroatoms. The molecule has 0 aromatic heterocycles. The molecule has 92 valence electrons. The third-order valence-electron chi connectivity index (χ3n) is 3.62. The summed E-state index contributed by atoms with van der Waals surface area (Å²) in [6.07, 6.45) is 3.17. The Morgan fingerprint density at radius 2 is 1.94 bits per heavy atom. The van der Waals surface area contributed by atoms with Gasteiger partial charge in [0.05, 0.1) is 11.6 Å². The van der Waals surface area contributed by atoms with Crippen molar-refractivity contribution in [2.45, 2.75) is 20.3 Å². The van der Waals surface area contributed by atoms with Crippen molar-refractivity contribution in [1.82, 2.24) is 0 Å². The lowest BCUT2D eigenvalue weighted by Crippen LogP contribution is -2.09. The van der Waals surface area contributed by atoms with Crippen molar-refractivity contribution in [3.63, 3.8) is 0 Å². The Bertz CT molecular complexity index is 584. The second kappa shape index (κ2) is 4.70. The zero-order chi connectivity index (χ0) is 13.3. The number of hydrogen-bond acceptors (Lipinski definition) is 2. The molecule has 0 bridgehead atoms. The molecule has 18 heavy (non-hydrogen) atoms. The lowest BCUT2D eigenvalue weighted by molar-refractivity contribution is 1.13. The first kappa shape index (κ1) is 12.4. The lowest BCUT2D eigenvalue weighted by Gasteiger charge is -2.15. The molecule has 0 unspecified atom stereocenters. The van der Waals surface area contributed by atoms with Gasteiger partial charge in [0, 0.05) is 19.8 Å². The molecule has 0 spiro atoms. The molecule has 1 aromatic carbocycles. The van der Waals surface area contributed by atoms with E-state index in [0.29, 0.717) is 0 Å². The van der Waals surface area contributed by atoms with E-state index in [2.05, 4.69) is 38.1 Å². The Hall–Kier alpha value is -2.01. The summed E-state index contributed by atoms with van der Waals surface area (Å²) in [5.74, 6) is 0. The molecule has 1 aliphatic carbocycles. The summed E-state index contributed by atoms with van der Waals surface area (Å²) < 4.78 is 0. The Kier molecular flexibility index (Phi) is 3.25. The van der Waals surface area contributed by atoms with Crippen LogP contribution in [0.2, 0.25) is 0 Å². The van der Waals surface area contributed by atoms with Crippen molar-refractivity contribution in [3.05, 3.63) is 46.5 Å². The van der Waals surface area contributed by atoms with Gasteiger partial charge in [0.15, 0.2) is 0 Å². The van der Waals surface area contributed by atoms with Crippen molar-refractivity contribution in [3.8, 4) is 6.07 Å². The molecule has 0 fully saturated rings. The third kappa shape index (κ3) is 2.04. The molecule has 1 aromatic rings. The van der Waals surface area contributed by atoms with Gasteiger partial charge in [0.1, 0.15) is 0 Å². The molecule has 0 saturated carbocycles. The first-order valence-electron chi connectivity index (χ1n) is 6.13. The van der Waals surface area contributed by atoms with Crippen molar-refractivity contribution in [2.24, 2.45) is 0 Å². The molecule has 0 amide bonds. The highest BCUT2D eigenvalue weighted by Crippen LogP contribution is 2.35. The minimum absolute atomic E-state index is 0.763. The van der Waals surface area contributed by atoms with Gasteiger partial charge in [-0.25, -0.2) is 0 Å². The van der Waals surface area contributed by atoms with Crippen molar-refractivity contribution in [1.29, 1.82) is 5.26 Å². The minimum atomic E-state index is 0.763. The number of nitrogens with zero attached hydrogens (tertiary/aromatic N) is 2. The van der Waals surface area contributed by atoms with Crippen LogP contribution in [0.4, 0.5) is 5.69 Å². The topological polar surface area (TPSA) is 27.0 Å². The fourth-order valence-electron chi connectivity index (χ4n) is 2.28. The minimum Gasteiger partial charge on any atom is -0.378 e. The molecule has 0 atom stereocenters. The largest absolute Gasteiger partial charge is 0.378 e. The van der Waals surface area contributed by atoms with E-state index >= 15 is 0 Å². The standard InChI is InChI=1S/C16H18N2/c1-11-5-7-15(12(11)2)16-8-6-14(18(3)4)9-13(16)10-17/h5-6,8-9H,7H2,1-4H3. The molecular weight excluding hydrogens is 220 g/mol. The Balaban J connectivity index is 2.51. The SMILES string of the molecule is CC1=CCC(c2ccc(N(C)C)cc2C#N)=C1C. The zero-order valence-corrected chi connectivity index (χ0v) is 11.4. The van der Waals surface area contributed by atoms with Gasteiger partial charge in [-0.1, -0.05) is 17.7 Å². The summed E-state index contributed by atoms with van der Waals surface area (Å²) in [7, 11) is 3.98. The van der Waals surface area contributed by atoms with Gasteiger partial charge in [-0.2, -0.15) is 5.26 Å². The monoisotopic (exact) mass is 238 g/mol. The summed E-state index contributed by atoms with van der Waals surface area (Å²) in [5.41, 5.74) is 6.83. The summed E-state index contributed by atoms with van der Waals surface area (Å²) in [5, 5.41) is 9.33. The van der Waals surface area contributed by atoms with Crippen LogP contribution in [0.5, 0.6) is 0 Å². The first-order valence-corrected chi connectivity index (χ1v) is 6.13. The molecule has 0 radical (unpaired) electrons. The normalized spacial score (nSPS) is 14.5. The van der Waals surface area contributed by atoms with E-state index in [0.717, 1.165) is 23.2 Å². The fraction of sp³-hybridized carbons (Fsp3) is 0.312. The second-order valence-electron chi connectivity index (χ2n) is 4.93. The number of hydrogen-bond donors (Lipinski definition) is 0. The van der Waals surface area contributed by atoms with Crippen LogP contribution in [0.3, 0.4) is 0 Å². The van der Waals surface area contributed by atoms with Crippen LogP contribution in [-0.4, -0.2) is 14.1 Å². The van der Waals surface area contributed by atoms with E-state index in [1.807, 2.05) is 25.1 Å². The van der Waals surface area contributed by atoms with Gasteiger partial charge in [0.2, 0.25) is 0 Å². The van der Waals surface area contributed by atoms with Gasteiger partial charge in [-0.05, 0) is 49.1 Å². The van der Waals surface area contributed by atoms with E-state index in [1.54, 1.807) is 0 Å².